The first kappa shape index (κ1) is 11.4. The van der Waals surface area contributed by atoms with E-state index in [4.69, 9.17) is 0 Å². The van der Waals surface area contributed by atoms with E-state index in [1.807, 2.05) is 17.8 Å². The Kier molecular flexibility index (Phi) is 3.01. The molecular formula is C13H16N2S2. The van der Waals surface area contributed by atoms with E-state index >= 15 is 0 Å². The molecule has 2 aromatic rings. The molecule has 0 spiro atoms. The second-order valence-corrected chi connectivity index (χ2v) is 6.89. The van der Waals surface area contributed by atoms with Crippen LogP contribution in [0.2, 0.25) is 0 Å². The molecule has 1 N–H and O–H groups in total. The fourth-order valence-corrected chi connectivity index (χ4v) is 3.98. The summed E-state index contributed by atoms with van der Waals surface area (Å²) >= 11 is 3.75. The van der Waals surface area contributed by atoms with Crippen molar-refractivity contribution >= 4 is 38.4 Å². The Hall–Kier alpha value is -0.740. The summed E-state index contributed by atoms with van der Waals surface area (Å²) in [4.78, 5) is 4.61. The van der Waals surface area contributed by atoms with Gasteiger partial charge in [-0.1, -0.05) is 29.9 Å². The van der Waals surface area contributed by atoms with E-state index in [1.165, 1.54) is 24.0 Å². The lowest BCUT2D eigenvalue weighted by molar-refractivity contribution is 0.380. The number of anilines is 1. The minimum Gasteiger partial charge on any atom is -0.360 e. The van der Waals surface area contributed by atoms with Gasteiger partial charge in [0.1, 0.15) is 0 Å². The Labute approximate surface area is 110 Å². The number of hydrogen-bond donors (Lipinski definition) is 1. The summed E-state index contributed by atoms with van der Waals surface area (Å²) in [7, 11) is 0. The molecular weight excluding hydrogens is 248 g/mol. The van der Waals surface area contributed by atoms with Gasteiger partial charge in [-0.05, 0) is 31.2 Å². The van der Waals surface area contributed by atoms with Crippen molar-refractivity contribution in [2.45, 2.75) is 24.0 Å². The maximum atomic E-state index is 4.61. The highest BCUT2D eigenvalue weighted by atomic mass is 32.2. The summed E-state index contributed by atoms with van der Waals surface area (Å²) in [6, 6.07) is 8.32. The minimum atomic E-state index is 0.470. The number of thioether (sulfide) groups is 1. The third-order valence-corrected chi connectivity index (χ3v) is 5.97. The Morgan fingerprint density at radius 2 is 2.24 bits per heavy atom. The molecule has 2 nitrogen and oxygen atoms in total. The third-order valence-electron chi connectivity index (χ3n) is 3.55. The van der Waals surface area contributed by atoms with Gasteiger partial charge in [0.15, 0.2) is 5.13 Å². The van der Waals surface area contributed by atoms with Gasteiger partial charge in [0.05, 0.1) is 10.2 Å². The lowest BCUT2D eigenvalue weighted by Crippen LogP contribution is -2.40. The van der Waals surface area contributed by atoms with Crippen LogP contribution in [-0.2, 0) is 0 Å². The number of nitrogens with zero attached hydrogens (tertiary/aromatic N) is 1. The van der Waals surface area contributed by atoms with E-state index in [2.05, 4.69) is 34.8 Å². The van der Waals surface area contributed by atoms with E-state index in [0.29, 0.717) is 4.75 Å². The minimum absolute atomic E-state index is 0.470. The van der Waals surface area contributed by atoms with Crippen LogP contribution in [0.3, 0.4) is 0 Å². The molecule has 0 radical (unpaired) electrons. The Bertz CT molecular complexity index is 478. The van der Waals surface area contributed by atoms with E-state index in [1.54, 1.807) is 11.3 Å². The predicted molar refractivity (Wildman–Crippen MR) is 78.2 cm³/mol. The Morgan fingerprint density at radius 3 is 2.88 bits per heavy atom. The van der Waals surface area contributed by atoms with Crippen molar-refractivity contribution in [3.05, 3.63) is 24.3 Å². The normalized spacial score (nSPS) is 17.9. The summed E-state index contributed by atoms with van der Waals surface area (Å²) in [6.07, 6.45) is 6.28. The highest BCUT2D eigenvalue weighted by molar-refractivity contribution is 8.00. The Morgan fingerprint density at radius 1 is 1.41 bits per heavy atom. The largest absolute Gasteiger partial charge is 0.360 e. The summed E-state index contributed by atoms with van der Waals surface area (Å²) in [6.45, 7) is 1.05. The van der Waals surface area contributed by atoms with Gasteiger partial charge in [-0.3, -0.25) is 0 Å². The first-order valence-electron chi connectivity index (χ1n) is 5.96. The van der Waals surface area contributed by atoms with Crippen molar-refractivity contribution in [1.82, 2.24) is 4.98 Å². The Balaban J connectivity index is 1.72. The van der Waals surface area contributed by atoms with Crippen molar-refractivity contribution in [3.8, 4) is 0 Å². The summed E-state index contributed by atoms with van der Waals surface area (Å²) in [5, 5.41) is 4.58. The lowest BCUT2D eigenvalue weighted by Gasteiger charge is -2.40. The average molecular weight is 264 g/mol. The molecule has 90 valence electrons. The molecule has 1 heterocycles. The molecule has 1 saturated carbocycles. The molecule has 1 aromatic heterocycles. The summed E-state index contributed by atoms with van der Waals surface area (Å²) < 4.78 is 1.74. The number of aromatic nitrogens is 1. The standard InChI is InChI=1S/C13H16N2S2/c1-16-13(7-4-8-13)9-14-12-15-10-5-2-3-6-11(10)17-12/h2-3,5-6H,4,7-9H2,1H3,(H,14,15). The lowest BCUT2D eigenvalue weighted by atomic mass is 9.84. The van der Waals surface area contributed by atoms with E-state index in [0.717, 1.165) is 17.2 Å². The number of thiazole rings is 1. The van der Waals surface area contributed by atoms with Crippen molar-refractivity contribution in [1.29, 1.82) is 0 Å². The van der Waals surface area contributed by atoms with Crippen molar-refractivity contribution in [3.63, 3.8) is 0 Å². The van der Waals surface area contributed by atoms with Gasteiger partial charge >= 0.3 is 0 Å². The number of benzene rings is 1. The van der Waals surface area contributed by atoms with Crippen LogP contribution in [-0.4, -0.2) is 22.5 Å². The topological polar surface area (TPSA) is 24.9 Å². The molecule has 0 unspecified atom stereocenters. The number of nitrogens with one attached hydrogen (secondary N) is 1. The molecule has 3 rings (SSSR count). The van der Waals surface area contributed by atoms with Gasteiger partial charge in [-0.15, -0.1) is 0 Å². The van der Waals surface area contributed by atoms with Gasteiger partial charge in [-0.25, -0.2) is 4.98 Å². The zero-order chi connectivity index (χ0) is 11.7. The van der Waals surface area contributed by atoms with Crippen LogP contribution in [0.25, 0.3) is 10.2 Å². The zero-order valence-corrected chi connectivity index (χ0v) is 11.5. The molecule has 1 fully saturated rings. The van der Waals surface area contributed by atoms with Crippen LogP contribution in [0, 0.1) is 0 Å². The third kappa shape index (κ3) is 2.16. The number of hydrogen-bond acceptors (Lipinski definition) is 4. The maximum Gasteiger partial charge on any atom is 0.183 e. The quantitative estimate of drug-likeness (QED) is 0.903. The second kappa shape index (κ2) is 4.50. The molecule has 1 aromatic carbocycles. The number of para-hydroxylation sites is 1. The van der Waals surface area contributed by atoms with Crippen LogP contribution in [0.4, 0.5) is 5.13 Å². The van der Waals surface area contributed by atoms with Gasteiger partial charge in [0.2, 0.25) is 0 Å². The monoisotopic (exact) mass is 264 g/mol. The number of fused-ring (bicyclic) bond motifs is 1. The SMILES string of the molecule is CSC1(CNc2nc3ccccc3s2)CCC1. The van der Waals surface area contributed by atoms with Gasteiger partial charge < -0.3 is 5.32 Å². The van der Waals surface area contributed by atoms with Crippen molar-refractivity contribution in [2.75, 3.05) is 18.1 Å². The van der Waals surface area contributed by atoms with E-state index in [9.17, 15) is 0 Å². The number of rotatable bonds is 4. The second-order valence-electron chi connectivity index (χ2n) is 4.58. The van der Waals surface area contributed by atoms with Crippen LogP contribution in [0.1, 0.15) is 19.3 Å². The van der Waals surface area contributed by atoms with Gasteiger partial charge in [-0.2, -0.15) is 11.8 Å². The highest BCUT2D eigenvalue weighted by Crippen LogP contribution is 2.43. The van der Waals surface area contributed by atoms with Crippen LogP contribution in [0.5, 0.6) is 0 Å². The van der Waals surface area contributed by atoms with E-state index in [-0.39, 0.29) is 0 Å². The molecule has 1 aliphatic rings. The molecule has 0 bridgehead atoms. The van der Waals surface area contributed by atoms with Gasteiger partial charge in [0.25, 0.3) is 0 Å². The summed E-state index contributed by atoms with van der Waals surface area (Å²) in [5.41, 5.74) is 1.10. The molecule has 4 heteroatoms. The molecule has 1 aliphatic carbocycles. The highest BCUT2D eigenvalue weighted by Gasteiger charge is 2.35. The molecule has 17 heavy (non-hydrogen) atoms. The zero-order valence-electron chi connectivity index (χ0n) is 9.90. The van der Waals surface area contributed by atoms with Gasteiger partial charge in [0, 0.05) is 11.3 Å². The smallest absolute Gasteiger partial charge is 0.183 e. The fourth-order valence-electron chi connectivity index (χ4n) is 2.21. The average Bonchev–Trinajstić information content (AvgIpc) is 2.71. The first-order chi connectivity index (χ1) is 8.31. The van der Waals surface area contributed by atoms with Crippen LogP contribution < -0.4 is 5.32 Å². The molecule has 0 amide bonds. The van der Waals surface area contributed by atoms with Crippen LogP contribution in [0.15, 0.2) is 24.3 Å². The first-order valence-corrected chi connectivity index (χ1v) is 8.00. The van der Waals surface area contributed by atoms with E-state index < -0.39 is 0 Å². The van der Waals surface area contributed by atoms with Crippen molar-refractivity contribution < 1.29 is 0 Å². The van der Waals surface area contributed by atoms with Crippen LogP contribution >= 0.6 is 23.1 Å². The molecule has 0 atom stereocenters. The predicted octanol–water partition coefficient (Wildman–Crippen LogP) is 3.99. The molecule has 0 aliphatic heterocycles. The summed E-state index contributed by atoms with van der Waals surface area (Å²) in [5.74, 6) is 0. The van der Waals surface area contributed by atoms with Crippen molar-refractivity contribution in [2.24, 2.45) is 0 Å². The fraction of sp³-hybridized carbons (Fsp3) is 0.462. The molecule has 0 saturated heterocycles. The maximum absolute atomic E-state index is 4.61.